The van der Waals surface area contributed by atoms with Crippen molar-refractivity contribution in [2.24, 2.45) is 5.92 Å². The highest BCUT2D eigenvalue weighted by Gasteiger charge is 2.40. The monoisotopic (exact) mass is 328 g/mol. The number of carbonyl (C=O) groups is 1. The van der Waals surface area contributed by atoms with E-state index in [9.17, 15) is 17.8 Å². The minimum Gasteiger partial charge on any atom is -0.435 e. The number of ether oxygens (including phenoxy) is 1. The lowest BCUT2D eigenvalue weighted by Gasteiger charge is -2.37. The van der Waals surface area contributed by atoms with Gasteiger partial charge in [-0.1, -0.05) is 6.42 Å². The highest BCUT2D eigenvalue weighted by atomic mass is 32.2. The Balaban J connectivity index is 1.70. The van der Waals surface area contributed by atoms with Gasteiger partial charge in [-0.05, 0) is 49.9 Å². The number of alkyl halides is 2. The lowest BCUT2D eigenvalue weighted by molar-refractivity contribution is -0.0498. The number of ketones is 1. The number of fused-ring (bicyclic) bond motifs is 2. The van der Waals surface area contributed by atoms with Crippen LogP contribution in [0.2, 0.25) is 0 Å². The molecule has 2 bridgehead atoms. The van der Waals surface area contributed by atoms with Gasteiger partial charge in [-0.25, -0.2) is 0 Å². The average Bonchev–Trinajstić information content (AvgIpc) is 2.46. The van der Waals surface area contributed by atoms with Crippen LogP contribution in [0.15, 0.2) is 24.3 Å². The number of Topliss-reactive ketones (excluding diaryl/α,β-unsaturated/α-hetero) is 1. The molecule has 2 heterocycles. The second-order valence-electron chi connectivity index (χ2n) is 5.94. The summed E-state index contributed by atoms with van der Waals surface area (Å²) in [7, 11) is -0.796. The van der Waals surface area contributed by atoms with Crippen LogP contribution in [-0.4, -0.2) is 27.1 Å². The fourth-order valence-electron chi connectivity index (χ4n) is 3.48. The van der Waals surface area contributed by atoms with Crippen molar-refractivity contribution in [3.63, 3.8) is 0 Å². The number of hydrogen-bond acceptors (Lipinski definition) is 3. The summed E-state index contributed by atoms with van der Waals surface area (Å²) in [5.74, 6) is -0.0276. The summed E-state index contributed by atoms with van der Waals surface area (Å²) >= 11 is 0. The second kappa shape index (κ2) is 6.44. The Morgan fingerprint density at radius 2 is 1.73 bits per heavy atom. The maximum Gasteiger partial charge on any atom is 0.387 e. The molecule has 0 amide bonds. The number of hydrogen-bond donors (Lipinski definition) is 0. The van der Waals surface area contributed by atoms with E-state index in [0.717, 1.165) is 19.3 Å². The molecule has 1 aromatic carbocycles. The van der Waals surface area contributed by atoms with E-state index in [2.05, 4.69) is 4.74 Å². The van der Waals surface area contributed by atoms with Crippen molar-refractivity contribution in [3.8, 4) is 5.75 Å². The van der Waals surface area contributed by atoms with E-state index in [4.69, 9.17) is 0 Å². The Bertz CT molecular complexity index is 557. The van der Waals surface area contributed by atoms with E-state index < -0.39 is 17.4 Å². The normalized spacial score (nSPS) is 31.0. The molecule has 2 unspecified atom stereocenters. The van der Waals surface area contributed by atoms with Gasteiger partial charge in [0.1, 0.15) is 5.75 Å². The molecule has 3 nitrogen and oxygen atoms in total. The van der Waals surface area contributed by atoms with Crippen LogP contribution < -0.4 is 4.74 Å². The highest BCUT2D eigenvalue weighted by Crippen LogP contribution is 2.38. The summed E-state index contributed by atoms with van der Waals surface area (Å²) in [6, 6.07) is 5.84. The predicted molar refractivity (Wildman–Crippen MR) is 79.7 cm³/mol. The maximum atomic E-state index is 12.6. The van der Waals surface area contributed by atoms with Crippen LogP contribution in [0, 0.1) is 5.92 Å². The molecule has 22 heavy (non-hydrogen) atoms. The standard InChI is InChI=1S/C16H18F2O3S/c17-16(18)21-12-6-4-10(5-7-12)15(19)11-8-13-2-1-3-14(9-11)22(13)20/h4-7,11,13-14,16H,1-3,8-9H2. The van der Waals surface area contributed by atoms with Crippen molar-refractivity contribution in [1.82, 2.24) is 0 Å². The first kappa shape index (κ1) is 15.6. The second-order valence-corrected chi connectivity index (χ2v) is 7.93. The van der Waals surface area contributed by atoms with E-state index in [0.29, 0.717) is 18.4 Å². The molecular weight excluding hydrogens is 310 g/mol. The molecule has 0 aromatic heterocycles. The zero-order chi connectivity index (χ0) is 15.7. The molecular formula is C16H18F2O3S. The van der Waals surface area contributed by atoms with E-state index >= 15 is 0 Å². The first-order valence-electron chi connectivity index (χ1n) is 7.53. The summed E-state index contributed by atoms with van der Waals surface area (Å²) in [6.45, 7) is -2.87. The fraction of sp³-hybridized carbons (Fsp3) is 0.562. The number of benzene rings is 1. The SMILES string of the molecule is O=C(c1ccc(OC(F)F)cc1)C1CC2CCCC(C1)S2=O. The zero-order valence-corrected chi connectivity index (χ0v) is 12.9. The van der Waals surface area contributed by atoms with Gasteiger partial charge in [0.15, 0.2) is 5.78 Å². The van der Waals surface area contributed by atoms with Gasteiger partial charge in [0.25, 0.3) is 0 Å². The minimum absolute atomic E-state index is 0.0252. The van der Waals surface area contributed by atoms with E-state index in [-0.39, 0.29) is 28.0 Å². The quantitative estimate of drug-likeness (QED) is 0.794. The van der Waals surface area contributed by atoms with E-state index in [1.807, 2.05) is 0 Å². The molecule has 6 heteroatoms. The van der Waals surface area contributed by atoms with Gasteiger partial charge in [0, 0.05) is 32.8 Å². The van der Waals surface area contributed by atoms with Gasteiger partial charge in [0.05, 0.1) is 0 Å². The van der Waals surface area contributed by atoms with Gasteiger partial charge in [-0.2, -0.15) is 8.78 Å². The zero-order valence-electron chi connectivity index (χ0n) is 12.0. The molecule has 0 spiro atoms. The third kappa shape index (κ3) is 3.21. The van der Waals surface area contributed by atoms with Crippen LogP contribution in [0.25, 0.3) is 0 Å². The molecule has 0 radical (unpaired) electrons. The van der Waals surface area contributed by atoms with Gasteiger partial charge in [-0.3, -0.25) is 9.00 Å². The summed E-state index contributed by atoms with van der Waals surface area (Å²) in [6.07, 6.45) is 4.33. The topological polar surface area (TPSA) is 43.4 Å². The summed E-state index contributed by atoms with van der Waals surface area (Å²) in [4.78, 5) is 12.6. The Morgan fingerprint density at radius 1 is 1.14 bits per heavy atom. The van der Waals surface area contributed by atoms with Crippen LogP contribution in [0.1, 0.15) is 42.5 Å². The molecule has 0 aliphatic carbocycles. The van der Waals surface area contributed by atoms with Crippen LogP contribution in [0.5, 0.6) is 5.75 Å². The maximum absolute atomic E-state index is 12.6. The van der Waals surface area contributed by atoms with Gasteiger partial charge >= 0.3 is 6.61 Å². The Kier molecular flexibility index (Phi) is 4.57. The van der Waals surface area contributed by atoms with Crippen molar-refractivity contribution >= 4 is 16.6 Å². The molecule has 2 aliphatic heterocycles. The predicted octanol–water partition coefficient (Wildman–Crippen LogP) is 3.55. The van der Waals surface area contributed by atoms with Gasteiger partial charge < -0.3 is 4.74 Å². The van der Waals surface area contributed by atoms with E-state index in [1.165, 1.54) is 24.3 Å². The van der Waals surface area contributed by atoms with E-state index in [1.54, 1.807) is 0 Å². The molecule has 0 N–H and O–H groups in total. The largest absolute Gasteiger partial charge is 0.435 e. The Morgan fingerprint density at radius 3 is 2.27 bits per heavy atom. The molecule has 1 aromatic rings. The molecule has 3 rings (SSSR count). The smallest absolute Gasteiger partial charge is 0.387 e. The van der Waals surface area contributed by atoms with Crippen LogP contribution >= 0.6 is 0 Å². The summed E-state index contributed by atoms with van der Waals surface area (Å²) in [5.41, 5.74) is 0.511. The van der Waals surface area contributed by atoms with Crippen molar-refractivity contribution in [2.45, 2.75) is 49.2 Å². The molecule has 2 saturated heterocycles. The van der Waals surface area contributed by atoms with Crippen molar-refractivity contribution < 1.29 is 22.5 Å². The fourth-order valence-corrected chi connectivity index (χ4v) is 5.67. The highest BCUT2D eigenvalue weighted by molar-refractivity contribution is 7.86. The van der Waals surface area contributed by atoms with Crippen molar-refractivity contribution in [1.29, 1.82) is 0 Å². The Labute approximate surface area is 130 Å². The van der Waals surface area contributed by atoms with Crippen LogP contribution in [0.4, 0.5) is 8.78 Å². The number of carbonyl (C=O) groups excluding carboxylic acids is 1. The summed E-state index contributed by atoms with van der Waals surface area (Å²) in [5, 5.41) is 0.283. The molecule has 2 aliphatic rings. The lowest BCUT2D eigenvalue weighted by Crippen LogP contribution is -2.41. The molecule has 2 atom stereocenters. The number of rotatable bonds is 4. The third-order valence-corrected chi connectivity index (χ3v) is 6.71. The number of halogens is 2. The minimum atomic E-state index is -2.87. The molecule has 0 saturated carbocycles. The lowest BCUT2D eigenvalue weighted by atomic mass is 9.84. The van der Waals surface area contributed by atoms with Crippen LogP contribution in [-0.2, 0) is 10.8 Å². The third-order valence-electron chi connectivity index (χ3n) is 4.54. The average molecular weight is 328 g/mol. The van der Waals surface area contributed by atoms with Crippen molar-refractivity contribution in [2.75, 3.05) is 0 Å². The van der Waals surface area contributed by atoms with Gasteiger partial charge in [-0.15, -0.1) is 0 Å². The Hall–Kier alpha value is -1.30. The molecule has 2 fully saturated rings. The van der Waals surface area contributed by atoms with Crippen LogP contribution in [0.3, 0.4) is 0 Å². The van der Waals surface area contributed by atoms with Crippen molar-refractivity contribution in [3.05, 3.63) is 29.8 Å². The summed E-state index contributed by atoms with van der Waals surface area (Å²) < 4.78 is 40.7. The first-order chi connectivity index (χ1) is 10.5. The van der Waals surface area contributed by atoms with Gasteiger partial charge in [0.2, 0.25) is 0 Å². The first-order valence-corrected chi connectivity index (χ1v) is 8.80. The molecule has 120 valence electrons.